The molecule has 0 aliphatic heterocycles. The fourth-order valence-corrected chi connectivity index (χ4v) is 3.32. The van der Waals surface area contributed by atoms with Crippen molar-refractivity contribution in [2.45, 2.75) is 38.6 Å². The number of imidazole rings is 1. The van der Waals surface area contributed by atoms with Crippen molar-refractivity contribution >= 4 is 11.3 Å². The van der Waals surface area contributed by atoms with Gasteiger partial charge in [-0.1, -0.05) is 13.3 Å². The minimum absolute atomic E-state index is 0.0488. The number of nitrogens with zero attached hydrogens (tertiary/aromatic N) is 1. The summed E-state index contributed by atoms with van der Waals surface area (Å²) >= 11 is 1.83. The number of aromatic nitrogens is 2. The second-order valence-electron chi connectivity index (χ2n) is 4.60. The van der Waals surface area contributed by atoms with E-state index in [4.69, 9.17) is 10.7 Å². The fraction of sp³-hybridized carbons (Fsp3) is 0.462. The van der Waals surface area contributed by atoms with Gasteiger partial charge in [0.25, 0.3) is 0 Å². The Morgan fingerprint density at radius 3 is 3.24 bits per heavy atom. The zero-order valence-corrected chi connectivity index (χ0v) is 10.8. The predicted molar refractivity (Wildman–Crippen MR) is 71.1 cm³/mol. The fourth-order valence-electron chi connectivity index (χ4n) is 2.44. The van der Waals surface area contributed by atoms with Crippen LogP contribution in [0, 0.1) is 0 Å². The van der Waals surface area contributed by atoms with Gasteiger partial charge in [0.15, 0.2) is 0 Å². The van der Waals surface area contributed by atoms with Crippen LogP contribution in [0.25, 0.3) is 11.3 Å². The molecule has 0 bridgehead atoms. The topological polar surface area (TPSA) is 54.7 Å². The summed E-state index contributed by atoms with van der Waals surface area (Å²) in [6.45, 7) is 2.15. The molecule has 1 aliphatic rings. The number of rotatable bonds is 3. The van der Waals surface area contributed by atoms with E-state index >= 15 is 0 Å². The van der Waals surface area contributed by atoms with E-state index in [1.807, 2.05) is 11.3 Å². The summed E-state index contributed by atoms with van der Waals surface area (Å²) in [5.41, 5.74) is 9.82. The summed E-state index contributed by atoms with van der Waals surface area (Å²) in [4.78, 5) is 9.58. The predicted octanol–water partition coefficient (Wildman–Crippen LogP) is 3.04. The first kappa shape index (κ1) is 11.0. The number of hydrogen-bond donors (Lipinski definition) is 2. The molecule has 17 heavy (non-hydrogen) atoms. The van der Waals surface area contributed by atoms with E-state index in [0.29, 0.717) is 0 Å². The number of aromatic amines is 1. The molecule has 3 rings (SSSR count). The van der Waals surface area contributed by atoms with Crippen LogP contribution in [-0.2, 0) is 12.8 Å². The van der Waals surface area contributed by atoms with E-state index in [0.717, 1.165) is 37.2 Å². The quantitative estimate of drug-likeness (QED) is 0.876. The summed E-state index contributed by atoms with van der Waals surface area (Å²) in [5, 5.41) is 2.15. The van der Waals surface area contributed by atoms with Crippen LogP contribution in [0.2, 0.25) is 0 Å². The van der Waals surface area contributed by atoms with Crippen LogP contribution >= 0.6 is 11.3 Å². The monoisotopic (exact) mass is 247 g/mol. The highest BCUT2D eigenvalue weighted by Crippen LogP contribution is 2.35. The first-order valence-electron chi connectivity index (χ1n) is 6.20. The lowest BCUT2D eigenvalue weighted by Crippen LogP contribution is -2.11. The number of hydrogen-bond acceptors (Lipinski definition) is 3. The Morgan fingerprint density at radius 1 is 1.53 bits per heavy atom. The average molecular weight is 247 g/mol. The van der Waals surface area contributed by atoms with Gasteiger partial charge in [-0.2, -0.15) is 0 Å². The van der Waals surface area contributed by atoms with Crippen molar-refractivity contribution in [3.8, 4) is 11.3 Å². The van der Waals surface area contributed by atoms with Gasteiger partial charge >= 0.3 is 0 Å². The normalized spacial score (nSPS) is 15.4. The Hall–Kier alpha value is -1.13. The van der Waals surface area contributed by atoms with E-state index in [1.165, 1.54) is 16.1 Å². The third-order valence-corrected chi connectivity index (χ3v) is 4.33. The summed E-state index contributed by atoms with van der Waals surface area (Å²) in [6.07, 6.45) is 4.28. The summed E-state index contributed by atoms with van der Waals surface area (Å²) in [7, 11) is 0. The molecule has 1 unspecified atom stereocenters. The highest BCUT2D eigenvalue weighted by Gasteiger charge is 2.22. The van der Waals surface area contributed by atoms with Gasteiger partial charge in [-0.3, -0.25) is 0 Å². The van der Waals surface area contributed by atoms with Crippen molar-refractivity contribution in [2.75, 3.05) is 0 Å². The van der Waals surface area contributed by atoms with E-state index in [-0.39, 0.29) is 6.04 Å². The Kier molecular flexibility index (Phi) is 2.76. The number of nitrogens with two attached hydrogens (primary N) is 1. The molecule has 3 N–H and O–H groups in total. The number of fused-ring (bicyclic) bond motifs is 3. The van der Waals surface area contributed by atoms with Crippen LogP contribution in [0.5, 0.6) is 0 Å². The van der Waals surface area contributed by atoms with E-state index in [1.54, 1.807) is 0 Å². The Balaban J connectivity index is 1.99. The van der Waals surface area contributed by atoms with Crippen LogP contribution in [-0.4, -0.2) is 9.97 Å². The number of H-pyrrole nitrogens is 1. The van der Waals surface area contributed by atoms with Crippen LogP contribution < -0.4 is 5.73 Å². The largest absolute Gasteiger partial charge is 0.344 e. The maximum Gasteiger partial charge on any atom is 0.123 e. The molecule has 2 heterocycles. The van der Waals surface area contributed by atoms with Gasteiger partial charge in [-0.25, -0.2) is 4.98 Å². The van der Waals surface area contributed by atoms with Crippen molar-refractivity contribution in [1.29, 1.82) is 0 Å². The molecule has 0 saturated heterocycles. The SMILES string of the molecule is CCCC(N)c1nc2c([nH]1)CCc1sccc1-2. The molecule has 1 aliphatic carbocycles. The second kappa shape index (κ2) is 4.27. The second-order valence-corrected chi connectivity index (χ2v) is 5.60. The molecular formula is C13H17N3S. The molecule has 90 valence electrons. The Bertz CT molecular complexity index is 527. The maximum absolute atomic E-state index is 6.12. The molecule has 0 amide bonds. The molecule has 0 fully saturated rings. The number of aryl methyl sites for hydroxylation is 2. The molecule has 2 aromatic heterocycles. The molecule has 3 nitrogen and oxygen atoms in total. The van der Waals surface area contributed by atoms with Gasteiger partial charge in [-0.05, 0) is 30.7 Å². The standard InChI is InChI=1S/C13H17N3S/c1-2-3-9(14)13-15-10-4-5-11-8(6-7-17-11)12(10)16-13/h6-7,9H,2-5,14H2,1H3,(H,15,16). The lowest BCUT2D eigenvalue weighted by Gasteiger charge is -2.09. The van der Waals surface area contributed by atoms with Crippen molar-refractivity contribution in [2.24, 2.45) is 5.73 Å². The third-order valence-electron chi connectivity index (χ3n) is 3.35. The van der Waals surface area contributed by atoms with E-state index < -0.39 is 0 Å². The zero-order chi connectivity index (χ0) is 11.8. The van der Waals surface area contributed by atoms with Crippen LogP contribution in [0.1, 0.15) is 42.2 Å². The number of thiophene rings is 1. The number of nitrogens with one attached hydrogen (secondary N) is 1. The van der Waals surface area contributed by atoms with Crippen molar-refractivity contribution < 1.29 is 0 Å². The van der Waals surface area contributed by atoms with Crippen molar-refractivity contribution in [3.05, 3.63) is 27.8 Å². The summed E-state index contributed by atoms with van der Waals surface area (Å²) in [6, 6.07) is 2.22. The van der Waals surface area contributed by atoms with Crippen molar-refractivity contribution in [3.63, 3.8) is 0 Å². The zero-order valence-electron chi connectivity index (χ0n) is 9.99. The minimum Gasteiger partial charge on any atom is -0.344 e. The van der Waals surface area contributed by atoms with Gasteiger partial charge in [0.1, 0.15) is 5.82 Å². The van der Waals surface area contributed by atoms with Gasteiger partial charge in [0, 0.05) is 16.1 Å². The molecule has 4 heteroatoms. The van der Waals surface area contributed by atoms with Crippen LogP contribution in [0.15, 0.2) is 11.4 Å². The third kappa shape index (κ3) is 1.81. The highest BCUT2D eigenvalue weighted by atomic mass is 32.1. The smallest absolute Gasteiger partial charge is 0.123 e. The van der Waals surface area contributed by atoms with E-state index in [9.17, 15) is 0 Å². The van der Waals surface area contributed by atoms with Gasteiger partial charge in [0.2, 0.25) is 0 Å². The van der Waals surface area contributed by atoms with E-state index in [2.05, 4.69) is 23.4 Å². The molecule has 0 radical (unpaired) electrons. The lowest BCUT2D eigenvalue weighted by atomic mass is 10.0. The average Bonchev–Trinajstić information content (AvgIpc) is 2.94. The van der Waals surface area contributed by atoms with Crippen molar-refractivity contribution in [1.82, 2.24) is 9.97 Å². The summed E-state index contributed by atoms with van der Waals surface area (Å²) < 4.78 is 0. The highest BCUT2D eigenvalue weighted by molar-refractivity contribution is 7.10. The molecular weight excluding hydrogens is 230 g/mol. The van der Waals surface area contributed by atoms with Gasteiger partial charge < -0.3 is 10.7 Å². The summed E-state index contributed by atoms with van der Waals surface area (Å²) in [5.74, 6) is 0.955. The van der Waals surface area contributed by atoms with Gasteiger partial charge in [0.05, 0.1) is 11.7 Å². The molecule has 0 aromatic carbocycles. The Labute approximate surface area is 105 Å². The molecule has 0 spiro atoms. The molecule has 2 aromatic rings. The molecule has 1 atom stereocenters. The first-order chi connectivity index (χ1) is 8.29. The van der Waals surface area contributed by atoms with Crippen LogP contribution in [0.3, 0.4) is 0 Å². The van der Waals surface area contributed by atoms with Crippen LogP contribution in [0.4, 0.5) is 0 Å². The first-order valence-corrected chi connectivity index (χ1v) is 7.08. The molecule has 0 saturated carbocycles. The Morgan fingerprint density at radius 2 is 2.41 bits per heavy atom. The lowest BCUT2D eigenvalue weighted by molar-refractivity contribution is 0.607. The maximum atomic E-state index is 6.12. The minimum atomic E-state index is 0.0488. The van der Waals surface area contributed by atoms with Gasteiger partial charge in [-0.15, -0.1) is 11.3 Å².